The van der Waals surface area contributed by atoms with Gasteiger partial charge in [-0.05, 0) is 37.1 Å². The van der Waals surface area contributed by atoms with Gasteiger partial charge in [0.2, 0.25) is 11.8 Å². The molecule has 1 aromatic rings. The third kappa shape index (κ3) is 6.02. The van der Waals surface area contributed by atoms with E-state index in [1.807, 2.05) is 0 Å². The number of nitrogens with zero attached hydrogens (tertiary/aromatic N) is 1. The van der Waals surface area contributed by atoms with E-state index in [9.17, 15) is 14.4 Å². The van der Waals surface area contributed by atoms with E-state index in [1.54, 1.807) is 31.3 Å². The molecule has 2 N–H and O–H groups in total. The molecule has 0 saturated heterocycles. The van der Waals surface area contributed by atoms with Crippen LogP contribution in [0.4, 0.5) is 0 Å². The van der Waals surface area contributed by atoms with Crippen molar-refractivity contribution in [2.24, 2.45) is 0 Å². The van der Waals surface area contributed by atoms with Gasteiger partial charge in [0.1, 0.15) is 0 Å². The Morgan fingerprint density at radius 3 is 2.48 bits per heavy atom. The first kappa shape index (κ1) is 17.5. The van der Waals surface area contributed by atoms with E-state index in [1.165, 1.54) is 4.90 Å². The number of benzene rings is 1. The molecule has 3 amide bonds. The summed E-state index contributed by atoms with van der Waals surface area (Å²) in [5.41, 5.74) is 0.540. The van der Waals surface area contributed by atoms with Crippen molar-refractivity contribution in [1.82, 2.24) is 15.5 Å². The highest BCUT2D eigenvalue weighted by atomic mass is 79.9. The predicted octanol–water partition coefficient (Wildman–Crippen LogP) is 1.31. The van der Waals surface area contributed by atoms with Gasteiger partial charge in [0.15, 0.2) is 0 Å². The Morgan fingerprint density at radius 2 is 1.87 bits per heavy atom. The molecule has 124 valence electrons. The van der Waals surface area contributed by atoms with Crippen LogP contribution in [0, 0.1) is 0 Å². The van der Waals surface area contributed by atoms with Crippen LogP contribution in [0.5, 0.6) is 0 Å². The average molecular weight is 382 g/mol. The highest BCUT2D eigenvalue weighted by Crippen LogP contribution is 2.18. The molecule has 1 saturated carbocycles. The molecule has 0 bridgehead atoms. The lowest BCUT2D eigenvalue weighted by Crippen LogP contribution is -2.40. The van der Waals surface area contributed by atoms with Gasteiger partial charge in [-0.2, -0.15) is 0 Å². The van der Waals surface area contributed by atoms with Crippen molar-refractivity contribution in [2.75, 3.05) is 20.1 Å². The van der Waals surface area contributed by atoms with Gasteiger partial charge in [0, 0.05) is 36.1 Å². The molecule has 7 heteroatoms. The minimum atomic E-state index is -0.223. The van der Waals surface area contributed by atoms with Gasteiger partial charge < -0.3 is 15.5 Å². The van der Waals surface area contributed by atoms with E-state index < -0.39 is 0 Å². The molecule has 0 aliphatic heterocycles. The summed E-state index contributed by atoms with van der Waals surface area (Å²) in [6.07, 6.45) is 2.20. The number of hydrogen-bond acceptors (Lipinski definition) is 3. The Labute approximate surface area is 143 Å². The van der Waals surface area contributed by atoms with Gasteiger partial charge in [-0.1, -0.05) is 15.9 Å². The first-order valence-electron chi connectivity index (χ1n) is 7.53. The van der Waals surface area contributed by atoms with Crippen LogP contribution < -0.4 is 10.6 Å². The maximum Gasteiger partial charge on any atom is 0.251 e. The Bertz CT molecular complexity index is 585. The number of hydrogen-bond donors (Lipinski definition) is 2. The first-order chi connectivity index (χ1) is 11.0. The van der Waals surface area contributed by atoms with Crippen molar-refractivity contribution in [3.8, 4) is 0 Å². The number of carbonyl (C=O) groups excluding carboxylic acids is 3. The normalized spacial score (nSPS) is 13.3. The zero-order valence-corrected chi connectivity index (χ0v) is 14.6. The molecular formula is C16H20BrN3O3. The van der Waals surface area contributed by atoms with Gasteiger partial charge in [-0.15, -0.1) is 0 Å². The Hall–Kier alpha value is -1.89. The Kier molecular flexibility index (Phi) is 6.15. The molecule has 1 fully saturated rings. The second kappa shape index (κ2) is 8.10. The second-order valence-corrected chi connectivity index (χ2v) is 6.52. The van der Waals surface area contributed by atoms with Crippen molar-refractivity contribution < 1.29 is 14.4 Å². The Balaban J connectivity index is 1.67. The number of nitrogens with one attached hydrogen (secondary N) is 2. The number of halogens is 1. The van der Waals surface area contributed by atoms with Crippen LogP contribution in [0.25, 0.3) is 0 Å². The monoisotopic (exact) mass is 381 g/mol. The third-order valence-corrected chi connectivity index (χ3v) is 4.01. The first-order valence-corrected chi connectivity index (χ1v) is 8.32. The molecule has 23 heavy (non-hydrogen) atoms. The van der Waals surface area contributed by atoms with Gasteiger partial charge in [-0.25, -0.2) is 0 Å². The van der Waals surface area contributed by atoms with Crippen LogP contribution in [-0.4, -0.2) is 48.8 Å². The molecule has 6 nitrogen and oxygen atoms in total. The molecule has 1 aromatic carbocycles. The third-order valence-electron chi connectivity index (χ3n) is 3.48. The Morgan fingerprint density at radius 1 is 1.22 bits per heavy atom. The summed E-state index contributed by atoms with van der Waals surface area (Å²) < 4.78 is 0.898. The summed E-state index contributed by atoms with van der Waals surface area (Å²) in [6, 6.07) is 7.26. The van der Waals surface area contributed by atoms with E-state index in [0.29, 0.717) is 5.56 Å². The lowest BCUT2D eigenvalue weighted by molar-refractivity contribution is -0.134. The largest absolute Gasteiger partial charge is 0.352 e. The fourth-order valence-corrected chi connectivity index (χ4v) is 2.25. The highest BCUT2D eigenvalue weighted by Gasteiger charge is 2.24. The van der Waals surface area contributed by atoms with E-state index >= 15 is 0 Å². The van der Waals surface area contributed by atoms with E-state index in [0.717, 1.165) is 17.3 Å². The summed E-state index contributed by atoms with van der Waals surface area (Å²) >= 11 is 3.31. The van der Waals surface area contributed by atoms with Gasteiger partial charge in [0.25, 0.3) is 5.91 Å². The molecule has 0 unspecified atom stereocenters. The lowest BCUT2D eigenvalue weighted by atomic mass is 10.2. The summed E-state index contributed by atoms with van der Waals surface area (Å²) in [7, 11) is 1.59. The summed E-state index contributed by atoms with van der Waals surface area (Å²) in [5.74, 6) is -0.534. The SMILES string of the molecule is CN(CC(=O)NC1CC1)C(=O)CCNC(=O)c1ccc(Br)cc1. The van der Waals surface area contributed by atoms with E-state index in [2.05, 4.69) is 26.6 Å². The minimum absolute atomic E-state index is 0.0516. The molecule has 1 aliphatic rings. The number of amides is 3. The van der Waals surface area contributed by atoms with Crippen molar-refractivity contribution in [2.45, 2.75) is 25.3 Å². The number of rotatable bonds is 7. The molecule has 0 spiro atoms. The molecule has 0 radical (unpaired) electrons. The van der Waals surface area contributed by atoms with Crippen LogP contribution >= 0.6 is 15.9 Å². The van der Waals surface area contributed by atoms with Crippen LogP contribution in [0.1, 0.15) is 29.6 Å². The van der Waals surface area contributed by atoms with Crippen LogP contribution in [0.2, 0.25) is 0 Å². The smallest absolute Gasteiger partial charge is 0.251 e. The summed E-state index contributed by atoms with van der Waals surface area (Å²) in [4.78, 5) is 36.8. The topological polar surface area (TPSA) is 78.5 Å². The lowest BCUT2D eigenvalue weighted by Gasteiger charge is -2.17. The molecule has 0 atom stereocenters. The fourth-order valence-electron chi connectivity index (χ4n) is 1.98. The zero-order chi connectivity index (χ0) is 16.8. The average Bonchev–Trinajstić information content (AvgIpc) is 3.31. The maximum atomic E-state index is 11.9. The maximum absolute atomic E-state index is 11.9. The van der Waals surface area contributed by atoms with Crippen molar-refractivity contribution in [1.29, 1.82) is 0 Å². The highest BCUT2D eigenvalue weighted by molar-refractivity contribution is 9.10. The van der Waals surface area contributed by atoms with Crippen molar-refractivity contribution in [3.05, 3.63) is 34.3 Å². The van der Waals surface area contributed by atoms with Crippen LogP contribution in [0.3, 0.4) is 0 Å². The van der Waals surface area contributed by atoms with Crippen LogP contribution in [0.15, 0.2) is 28.7 Å². The molecule has 1 aliphatic carbocycles. The number of likely N-dealkylation sites (N-methyl/N-ethyl adjacent to an activating group) is 1. The fraction of sp³-hybridized carbons (Fsp3) is 0.438. The van der Waals surface area contributed by atoms with Crippen molar-refractivity contribution in [3.63, 3.8) is 0 Å². The van der Waals surface area contributed by atoms with E-state index in [-0.39, 0.29) is 43.3 Å². The van der Waals surface area contributed by atoms with Gasteiger partial charge >= 0.3 is 0 Å². The predicted molar refractivity (Wildman–Crippen MR) is 89.9 cm³/mol. The van der Waals surface area contributed by atoms with E-state index in [4.69, 9.17) is 0 Å². The molecule has 2 rings (SSSR count). The summed E-state index contributed by atoms with van der Waals surface area (Å²) in [6.45, 7) is 0.290. The molecule has 0 aromatic heterocycles. The number of carbonyl (C=O) groups is 3. The molecule has 0 heterocycles. The van der Waals surface area contributed by atoms with Crippen molar-refractivity contribution >= 4 is 33.7 Å². The minimum Gasteiger partial charge on any atom is -0.352 e. The quantitative estimate of drug-likeness (QED) is 0.747. The van der Waals surface area contributed by atoms with Gasteiger partial charge in [-0.3, -0.25) is 14.4 Å². The van der Waals surface area contributed by atoms with Crippen LogP contribution in [-0.2, 0) is 9.59 Å². The standard InChI is InChI=1S/C16H20BrN3O3/c1-20(10-14(21)19-13-6-7-13)15(22)8-9-18-16(23)11-2-4-12(17)5-3-11/h2-5,13H,6-10H2,1H3,(H,18,23)(H,19,21). The second-order valence-electron chi connectivity index (χ2n) is 5.60. The molecular weight excluding hydrogens is 362 g/mol. The zero-order valence-electron chi connectivity index (χ0n) is 13.0. The van der Waals surface area contributed by atoms with Gasteiger partial charge in [0.05, 0.1) is 6.54 Å². The summed E-state index contributed by atoms with van der Waals surface area (Å²) in [5, 5.41) is 5.53.